The predicted molar refractivity (Wildman–Crippen MR) is 153 cm³/mol. The average molecular weight is 591 g/mol. The third kappa shape index (κ3) is 6.17. The number of hydrogen-bond donors (Lipinski definition) is 3. The molecule has 214 valence electrons. The van der Waals surface area contributed by atoms with E-state index in [-0.39, 0.29) is 18.2 Å². The lowest BCUT2D eigenvalue weighted by Gasteiger charge is -2.24. The first-order valence-corrected chi connectivity index (χ1v) is 13.6. The highest BCUT2D eigenvalue weighted by Gasteiger charge is 2.27. The van der Waals surface area contributed by atoms with Gasteiger partial charge in [0.25, 0.3) is 5.91 Å². The SMILES string of the molecule is N#Cc1ccc(-c2ccc(C[C@H](NC(=O)c3c(F)cc(NC4CCOCC4)cc3F)C(=O)O)c3cccnc23)c(Cl)c1. The number of carbonyl (C=O) groups excluding carboxylic acids is 1. The van der Waals surface area contributed by atoms with E-state index in [0.717, 1.165) is 12.1 Å². The summed E-state index contributed by atoms with van der Waals surface area (Å²) in [6, 6.07) is 14.3. The summed E-state index contributed by atoms with van der Waals surface area (Å²) in [7, 11) is 0. The van der Waals surface area contributed by atoms with Crippen LogP contribution in [-0.4, -0.2) is 47.3 Å². The molecule has 0 radical (unpaired) electrons. The van der Waals surface area contributed by atoms with Crippen LogP contribution >= 0.6 is 11.6 Å². The third-order valence-corrected chi connectivity index (χ3v) is 7.45. The monoisotopic (exact) mass is 590 g/mol. The summed E-state index contributed by atoms with van der Waals surface area (Å²) < 4.78 is 35.2. The van der Waals surface area contributed by atoms with Gasteiger partial charge >= 0.3 is 5.97 Å². The zero-order valence-electron chi connectivity index (χ0n) is 22.2. The van der Waals surface area contributed by atoms with Crippen LogP contribution in [0.25, 0.3) is 22.0 Å². The molecule has 1 saturated heterocycles. The molecule has 2 heterocycles. The maximum atomic E-state index is 14.9. The van der Waals surface area contributed by atoms with Gasteiger partial charge in [-0.05, 0) is 48.7 Å². The minimum absolute atomic E-state index is 0.0164. The Kier molecular flexibility index (Phi) is 8.61. The fourth-order valence-corrected chi connectivity index (χ4v) is 5.31. The third-order valence-electron chi connectivity index (χ3n) is 7.14. The van der Waals surface area contributed by atoms with Crippen molar-refractivity contribution in [3.63, 3.8) is 0 Å². The molecule has 5 rings (SSSR count). The lowest BCUT2D eigenvalue weighted by molar-refractivity contribution is -0.139. The highest BCUT2D eigenvalue weighted by atomic mass is 35.5. The summed E-state index contributed by atoms with van der Waals surface area (Å²) in [6.45, 7) is 1.08. The summed E-state index contributed by atoms with van der Waals surface area (Å²) in [4.78, 5) is 29.6. The second-order valence-corrected chi connectivity index (χ2v) is 10.3. The minimum Gasteiger partial charge on any atom is -0.480 e. The van der Waals surface area contributed by atoms with Gasteiger partial charge in [-0.25, -0.2) is 13.6 Å². The number of aromatic nitrogens is 1. The summed E-state index contributed by atoms with van der Waals surface area (Å²) in [5.41, 5.74) is 2.09. The van der Waals surface area contributed by atoms with Crippen molar-refractivity contribution in [1.82, 2.24) is 10.3 Å². The number of amides is 1. The Labute approximate surface area is 244 Å². The second-order valence-electron chi connectivity index (χ2n) is 9.89. The number of nitriles is 1. The van der Waals surface area contributed by atoms with E-state index in [4.69, 9.17) is 21.6 Å². The van der Waals surface area contributed by atoms with Crippen molar-refractivity contribution in [2.45, 2.75) is 31.3 Å². The fraction of sp³-hybridized carbons (Fsp3) is 0.226. The summed E-state index contributed by atoms with van der Waals surface area (Å²) in [6.07, 6.45) is 2.75. The maximum absolute atomic E-state index is 14.9. The molecule has 1 aliphatic heterocycles. The van der Waals surface area contributed by atoms with Crippen molar-refractivity contribution in [1.29, 1.82) is 5.26 Å². The molecule has 3 aromatic carbocycles. The number of anilines is 1. The number of hydrogen-bond acceptors (Lipinski definition) is 6. The van der Waals surface area contributed by atoms with Crippen LogP contribution in [0, 0.1) is 23.0 Å². The quantitative estimate of drug-likeness (QED) is 0.240. The molecule has 1 amide bonds. The second kappa shape index (κ2) is 12.5. The molecule has 1 aromatic heterocycles. The highest BCUT2D eigenvalue weighted by molar-refractivity contribution is 6.33. The van der Waals surface area contributed by atoms with E-state index in [1.165, 1.54) is 0 Å². The van der Waals surface area contributed by atoms with Crippen molar-refractivity contribution >= 4 is 40.1 Å². The number of pyridine rings is 1. The zero-order chi connectivity index (χ0) is 29.8. The molecule has 1 atom stereocenters. The Morgan fingerprint density at radius 3 is 2.48 bits per heavy atom. The van der Waals surface area contributed by atoms with Crippen LogP contribution in [0.5, 0.6) is 0 Å². The summed E-state index contributed by atoms with van der Waals surface area (Å²) >= 11 is 6.43. The number of carbonyl (C=O) groups is 2. The molecule has 3 N–H and O–H groups in total. The van der Waals surface area contributed by atoms with Crippen LogP contribution in [0.3, 0.4) is 0 Å². The molecule has 1 fully saturated rings. The van der Waals surface area contributed by atoms with Crippen LogP contribution in [0.4, 0.5) is 14.5 Å². The van der Waals surface area contributed by atoms with Gasteiger partial charge in [0.1, 0.15) is 23.2 Å². The molecule has 0 unspecified atom stereocenters. The van der Waals surface area contributed by atoms with E-state index < -0.39 is 35.1 Å². The fourth-order valence-electron chi connectivity index (χ4n) is 5.03. The van der Waals surface area contributed by atoms with Gasteiger partial charge in [-0.1, -0.05) is 35.9 Å². The van der Waals surface area contributed by atoms with Gasteiger partial charge in [-0.3, -0.25) is 9.78 Å². The molecule has 0 aliphatic carbocycles. The van der Waals surface area contributed by atoms with Crippen molar-refractivity contribution in [2.24, 2.45) is 0 Å². The first kappa shape index (κ1) is 28.9. The predicted octanol–water partition coefficient (Wildman–Crippen LogP) is 5.72. The number of halogens is 3. The van der Waals surface area contributed by atoms with Crippen LogP contribution in [-0.2, 0) is 16.0 Å². The topological polar surface area (TPSA) is 124 Å². The van der Waals surface area contributed by atoms with E-state index in [0.29, 0.717) is 64.2 Å². The number of nitrogens with zero attached hydrogens (tertiary/aromatic N) is 2. The number of carboxylic acid groups (broad SMARTS) is 1. The Morgan fingerprint density at radius 1 is 1.10 bits per heavy atom. The minimum atomic E-state index is -1.50. The zero-order valence-corrected chi connectivity index (χ0v) is 22.9. The molecule has 0 saturated carbocycles. The maximum Gasteiger partial charge on any atom is 0.326 e. The molecular weight excluding hydrogens is 566 g/mol. The van der Waals surface area contributed by atoms with Gasteiger partial charge < -0.3 is 20.5 Å². The van der Waals surface area contributed by atoms with Crippen molar-refractivity contribution in [2.75, 3.05) is 18.5 Å². The van der Waals surface area contributed by atoms with Gasteiger partial charge in [0.15, 0.2) is 0 Å². The highest BCUT2D eigenvalue weighted by Crippen LogP contribution is 2.35. The average Bonchev–Trinajstić information content (AvgIpc) is 2.97. The van der Waals surface area contributed by atoms with Crippen LogP contribution in [0.2, 0.25) is 5.02 Å². The molecule has 42 heavy (non-hydrogen) atoms. The lowest BCUT2D eigenvalue weighted by atomic mass is 9.94. The molecule has 4 aromatic rings. The van der Waals surface area contributed by atoms with Crippen LogP contribution in [0.1, 0.15) is 34.3 Å². The van der Waals surface area contributed by atoms with Crippen molar-refractivity contribution in [3.05, 3.63) is 94.1 Å². The van der Waals surface area contributed by atoms with Crippen LogP contribution < -0.4 is 10.6 Å². The van der Waals surface area contributed by atoms with Gasteiger partial charge in [0.2, 0.25) is 0 Å². The Bertz CT molecular complexity index is 1700. The van der Waals surface area contributed by atoms with Gasteiger partial charge in [0.05, 0.1) is 17.1 Å². The Morgan fingerprint density at radius 2 is 1.81 bits per heavy atom. The van der Waals surface area contributed by atoms with E-state index in [1.807, 2.05) is 6.07 Å². The van der Waals surface area contributed by atoms with Gasteiger partial charge in [-0.2, -0.15) is 5.26 Å². The van der Waals surface area contributed by atoms with E-state index in [9.17, 15) is 23.5 Å². The number of carboxylic acids is 1. The number of ether oxygens (including phenoxy) is 1. The number of benzene rings is 3. The molecule has 0 spiro atoms. The molecule has 8 nitrogen and oxygen atoms in total. The summed E-state index contributed by atoms with van der Waals surface area (Å²) in [5, 5.41) is 25.3. The first-order valence-electron chi connectivity index (χ1n) is 13.2. The van der Waals surface area contributed by atoms with E-state index in [2.05, 4.69) is 15.6 Å². The number of fused-ring (bicyclic) bond motifs is 1. The normalized spacial score (nSPS) is 14.2. The van der Waals surface area contributed by atoms with Crippen LogP contribution in [0.15, 0.2) is 60.8 Å². The largest absolute Gasteiger partial charge is 0.480 e. The molecular formula is C31H25ClF2N4O4. The standard InChI is InChI=1S/C31H25ClF2N4O4/c32-24-12-17(16-35)3-5-22(24)23-6-4-18(21-2-1-9-36-29(21)23)13-27(31(40)41)38-30(39)28-25(33)14-20(15-26(28)34)37-19-7-10-42-11-8-19/h1-6,9,12,14-15,19,27,37H,7-8,10-11,13H2,(H,38,39)(H,40,41)/t27-/m0/s1. The van der Waals surface area contributed by atoms with Gasteiger partial charge in [0, 0.05) is 59.1 Å². The Balaban J connectivity index is 1.39. The number of aliphatic carboxylic acids is 1. The molecule has 0 bridgehead atoms. The number of nitrogens with one attached hydrogen (secondary N) is 2. The molecule has 11 heteroatoms. The first-order chi connectivity index (χ1) is 20.2. The molecule has 1 aliphatic rings. The van der Waals surface area contributed by atoms with Gasteiger partial charge in [-0.15, -0.1) is 0 Å². The summed E-state index contributed by atoms with van der Waals surface area (Å²) in [5.74, 6) is -4.77. The van der Waals surface area contributed by atoms with Crippen molar-refractivity contribution in [3.8, 4) is 17.2 Å². The lowest BCUT2D eigenvalue weighted by Crippen LogP contribution is -2.43. The smallest absolute Gasteiger partial charge is 0.326 e. The Hall–Kier alpha value is -4.59. The van der Waals surface area contributed by atoms with Crippen molar-refractivity contribution < 1.29 is 28.2 Å². The van der Waals surface area contributed by atoms with E-state index >= 15 is 0 Å². The number of rotatable bonds is 8. The van der Waals surface area contributed by atoms with E-state index in [1.54, 1.807) is 48.7 Å².